The van der Waals surface area contributed by atoms with Crippen molar-refractivity contribution in [3.05, 3.63) is 57.6 Å². The summed E-state index contributed by atoms with van der Waals surface area (Å²) in [5.74, 6) is 0.544. The van der Waals surface area contributed by atoms with Gasteiger partial charge in [-0.3, -0.25) is 0 Å². The minimum atomic E-state index is 0.333. The Kier molecular flexibility index (Phi) is 6.99. The largest absolute Gasteiger partial charge is 0.443 e. The lowest BCUT2D eigenvalue weighted by Crippen LogP contribution is -2.24. The Morgan fingerprint density at radius 2 is 1.97 bits per heavy atom. The van der Waals surface area contributed by atoms with Crippen molar-refractivity contribution in [1.29, 1.82) is 5.26 Å². The Bertz CT molecular complexity index is 1130. The molecule has 0 N–H and O–H groups in total. The van der Waals surface area contributed by atoms with Crippen LogP contribution in [0.4, 0.5) is 5.69 Å². The fourth-order valence-electron chi connectivity index (χ4n) is 2.52. The number of hydrogen-bond donors (Lipinski definition) is 0. The lowest BCUT2D eigenvalue weighted by molar-refractivity contribution is 0.429. The van der Waals surface area contributed by atoms with E-state index in [1.165, 1.54) is 0 Å². The molecule has 30 heavy (non-hydrogen) atoms. The highest BCUT2D eigenvalue weighted by molar-refractivity contribution is 7.08. The van der Waals surface area contributed by atoms with Crippen molar-refractivity contribution in [2.75, 3.05) is 7.05 Å². The lowest BCUT2D eigenvalue weighted by Gasteiger charge is -2.17. The van der Waals surface area contributed by atoms with E-state index in [0.717, 1.165) is 17.1 Å². The molecule has 8 heteroatoms. The van der Waals surface area contributed by atoms with E-state index >= 15 is 0 Å². The van der Waals surface area contributed by atoms with E-state index in [-0.39, 0.29) is 0 Å². The van der Waals surface area contributed by atoms with Gasteiger partial charge in [0.15, 0.2) is 0 Å². The van der Waals surface area contributed by atoms with Crippen LogP contribution in [0.3, 0.4) is 0 Å². The smallest absolute Gasteiger partial charge is 0.218 e. The Hall–Kier alpha value is -2.59. The molecule has 0 bridgehead atoms. The number of ether oxygens (including phenoxy) is 1. The Morgan fingerprint density at radius 3 is 2.63 bits per heavy atom. The second-order valence-corrected chi connectivity index (χ2v) is 8.51. The van der Waals surface area contributed by atoms with Crippen molar-refractivity contribution in [1.82, 2.24) is 9.27 Å². The van der Waals surface area contributed by atoms with Crippen LogP contribution in [0, 0.1) is 18.3 Å². The Balaban J connectivity index is 1.92. The highest BCUT2D eigenvalue weighted by Gasteiger charge is 2.20. The van der Waals surface area contributed by atoms with Crippen LogP contribution in [0.25, 0.3) is 11.3 Å². The van der Waals surface area contributed by atoms with Gasteiger partial charge in [0.1, 0.15) is 23.1 Å². The molecule has 1 aromatic heterocycles. The van der Waals surface area contributed by atoms with Crippen LogP contribution in [0.5, 0.6) is 10.8 Å². The van der Waals surface area contributed by atoms with Gasteiger partial charge < -0.3 is 9.64 Å². The number of nitriles is 1. The van der Waals surface area contributed by atoms with E-state index in [2.05, 4.69) is 29.3 Å². The molecular weight excluding hydrogens is 439 g/mol. The molecule has 0 aliphatic heterocycles. The number of benzene rings is 2. The summed E-state index contributed by atoms with van der Waals surface area (Å²) in [6, 6.07) is 13.3. The van der Waals surface area contributed by atoms with Gasteiger partial charge in [-0.05, 0) is 38.5 Å². The van der Waals surface area contributed by atoms with Crippen LogP contribution in [0.2, 0.25) is 10.0 Å². The second kappa shape index (κ2) is 9.48. The van der Waals surface area contributed by atoms with E-state index in [9.17, 15) is 5.26 Å². The van der Waals surface area contributed by atoms with E-state index in [1.807, 2.05) is 43.1 Å². The summed E-state index contributed by atoms with van der Waals surface area (Å²) in [7, 11) is 1.95. The third-order valence-corrected chi connectivity index (χ3v) is 5.90. The minimum Gasteiger partial charge on any atom is -0.443 e. The van der Waals surface area contributed by atoms with Crippen LogP contribution >= 0.6 is 34.7 Å². The predicted octanol–water partition coefficient (Wildman–Crippen LogP) is 7.09. The third-order valence-electron chi connectivity index (χ3n) is 4.54. The molecule has 0 unspecified atom stereocenters. The summed E-state index contributed by atoms with van der Waals surface area (Å²) in [4.78, 5) is 6.45. The van der Waals surface area contributed by atoms with Crippen molar-refractivity contribution in [2.45, 2.75) is 26.8 Å². The normalized spacial score (nSPS) is 11.1. The topological polar surface area (TPSA) is 61.5 Å². The average molecular weight is 459 g/mol. The van der Waals surface area contributed by atoms with E-state index in [0.29, 0.717) is 49.4 Å². The van der Waals surface area contributed by atoms with Gasteiger partial charge in [0.2, 0.25) is 5.06 Å². The van der Waals surface area contributed by atoms with Gasteiger partial charge in [0.05, 0.1) is 22.1 Å². The molecule has 0 atom stereocenters. The number of aryl methyl sites for hydroxylation is 1. The summed E-state index contributed by atoms with van der Waals surface area (Å²) in [6.07, 6.45) is 1.75. The summed E-state index contributed by atoms with van der Waals surface area (Å²) in [5, 5.41) is 11.1. The van der Waals surface area contributed by atoms with E-state index in [1.54, 1.807) is 18.5 Å². The molecule has 3 rings (SSSR count). The standard InChI is InChI=1S/C22H20Cl2N4OS/c1-13(2)28(4)12-26-19-9-14(3)20(10-18(19)24)29-22-16(11-25)21(27-30-22)15-7-5-6-8-17(15)23/h5-10,12-13H,1-4H3. The van der Waals surface area contributed by atoms with Gasteiger partial charge in [-0.25, -0.2) is 4.99 Å². The number of aromatic nitrogens is 1. The van der Waals surface area contributed by atoms with Crippen molar-refractivity contribution >= 4 is 46.8 Å². The maximum absolute atomic E-state index is 9.70. The van der Waals surface area contributed by atoms with Gasteiger partial charge in [-0.1, -0.05) is 41.4 Å². The van der Waals surface area contributed by atoms with E-state index in [4.69, 9.17) is 27.9 Å². The summed E-state index contributed by atoms with van der Waals surface area (Å²) >= 11 is 13.8. The molecule has 0 radical (unpaired) electrons. The quantitative estimate of drug-likeness (QED) is 0.292. The Labute approximate surface area is 190 Å². The van der Waals surface area contributed by atoms with Gasteiger partial charge >= 0.3 is 0 Å². The number of halogens is 2. The number of hydrogen-bond acceptors (Lipinski definition) is 5. The first-order valence-electron chi connectivity index (χ1n) is 9.20. The molecule has 0 saturated carbocycles. The van der Waals surface area contributed by atoms with Crippen molar-refractivity contribution in [3.63, 3.8) is 0 Å². The SMILES string of the molecule is Cc1cc(N=CN(C)C(C)C)c(Cl)cc1Oc1snc(-c2ccccc2Cl)c1C#N. The molecule has 154 valence electrons. The summed E-state index contributed by atoms with van der Waals surface area (Å²) < 4.78 is 10.4. The van der Waals surface area contributed by atoms with Gasteiger partial charge in [0, 0.05) is 36.3 Å². The van der Waals surface area contributed by atoms with Gasteiger partial charge in [-0.2, -0.15) is 9.64 Å². The Morgan fingerprint density at radius 1 is 1.23 bits per heavy atom. The highest BCUT2D eigenvalue weighted by Crippen LogP contribution is 2.41. The van der Waals surface area contributed by atoms with Crippen LogP contribution < -0.4 is 4.74 Å². The maximum Gasteiger partial charge on any atom is 0.218 e. The summed E-state index contributed by atoms with van der Waals surface area (Å²) in [6.45, 7) is 6.06. The van der Waals surface area contributed by atoms with E-state index < -0.39 is 0 Å². The third kappa shape index (κ3) is 4.76. The van der Waals surface area contributed by atoms with Crippen molar-refractivity contribution in [2.24, 2.45) is 4.99 Å². The lowest BCUT2D eigenvalue weighted by atomic mass is 10.1. The molecule has 2 aromatic carbocycles. The number of rotatable bonds is 6. The zero-order chi connectivity index (χ0) is 21.8. The molecule has 0 spiro atoms. The molecule has 0 aliphatic carbocycles. The highest BCUT2D eigenvalue weighted by atomic mass is 35.5. The van der Waals surface area contributed by atoms with Crippen LogP contribution in [-0.4, -0.2) is 28.7 Å². The van der Waals surface area contributed by atoms with Crippen molar-refractivity contribution in [3.8, 4) is 28.1 Å². The van der Waals surface area contributed by atoms with Crippen LogP contribution in [-0.2, 0) is 0 Å². The zero-order valence-electron chi connectivity index (χ0n) is 17.0. The first-order valence-corrected chi connectivity index (χ1v) is 10.7. The molecule has 0 aliphatic rings. The maximum atomic E-state index is 9.70. The molecule has 0 amide bonds. The van der Waals surface area contributed by atoms with Crippen LogP contribution in [0.15, 0.2) is 41.4 Å². The fraction of sp³-hybridized carbons (Fsp3) is 0.227. The summed E-state index contributed by atoms with van der Waals surface area (Å²) in [5.41, 5.74) is 3.02. The van der Waals surface area contributed by atoms with Crippen LogP contribution in [0.1, 0.15) is 25.0 Å². The molecular formula is C22H20Cl2N4OS. The average Bonchev–Trinajstić information content (AvgIpc) is 3.11. The predicted molar refractivity (Wildman–Crippen MR) is 125 cm³/mol. The first kappa shape index (κ1) is 22.1. The molecule has 0 saturated heterocycles. The number of aliphatic imine (C=N–C) groups is 1. The monoisotopic (exact) mass is 458 g/mol. The number of nitrogens with zero attached hydrogens (tertiary/aromatic N) is 4. The van der Waals surface area contributed by atoms with Crippen molar-refractivity contribution < 1.29 is 4.74 Å². The first-order chi connectivity index (χ1) is 14.3. The molecule has 3 aromatic rings. The molecule has 1 heterocycles. The van der Waals surface area contributed by atoms with Gasteiger partial charge in [0.25, 0.3) is 0 Å². The zero-order valence-corrected chi connectivity index (χ0v) is 19.3. The molecule has 0 fully saturated rings. The van der Waals surface area contributed by atoms with Gasteiger partial charge in [-0.15, -0.1) is 0 Å². The fourth-order valence-corrected chi connectivity index (χ4v) is 3.68. The second-order valence-electron chi connectivity index (χ2n) is 6.96. The molecule has 5 nitrogen and oxygen atoms in total. The minimum absolute atomic E-state index is 0.333.